The quantitative estimate of drug-likeness (QED) is 0.857. The second-order valence-electron chi connectivity index (χ2n) is 4.86. The molecule has 1 atom stereocenters. The van der Waals surface area contributed by atoms with Crippen LogP contribution < -0.4 is 11.1 Å². The molecule has 0 spiro atoms. The highest BCUT2D eigenvalue weighted by molar-refractivity contribution is 7.99. The number of rotatable bonds is 5. The topological polar surface area (TPSA) is 63.8 Å². The number of thioether (sulfide) groups is 1. The second kappa shape index (κ2) is 6.27. The van der Waals surface area contributed by atoms with Crippen LogP contribution in [0.25, 0.3) is 0 Å². The third-order valence-electron chi connectivity index (χ3n) is 3.29. The Labute approximate surface area is 113 Å². The minimum atomic E-state index is 0.608. The predicted octanol–water partition coefficient (Wildman–Crippen LogP) is 2.48. The molecule has 1 aliphatic heterocycles. The van der Waals surface area contributed by atoms with Crippen LogP contribution in [0.5, 0.6) is 0 Å². The van der Waals surface area contributed by atoms with Gasteiger partial charge in [-0.1, -0.05) is 6.92 Å². The normalized spacial score (nSPS) is 19.1. The molecule has 1 unspecified atom stereocenters. The summed E-state index contributed by atoms with van der Waals surface area (Å²) in [4.78, 5) is 8.90. The lowest BCUT2D eigenvalue weighted by atomic mass is 10.1. The molecule has 0 aliphatic carbocycles. The molecule has 2 heterocycles. The van der Waals surface area contributed by atoms with E-state index in [-0.39, 0.29) is 0 Å². The molecule has 1 saturated heterocycles. The van der Waals surface area contributed by atoms with Crippen LogP contribution in [0.2, 0.25) is 0 Å². The fourth-order valence-corrected chi connectivity index (χ4v) is 3.36. The van der Waals surface area contributed by atoms with Crippen LogP contribution in [0.3, 0.4) is 0 Å². The molecule has 4 nitrogen and oxygen atoms in total. The molecule has 0 amide bonds. The van der Waals surface area contributed by atoms with Crippen LogP contribution in [-0.2, 0) is 6.42 Å². The fraction of sp³-hybridized carbons (Fsp3) is 0.692. The minimum absolute atomic E-state index is 0.608. The molecule has 1 aliphatic rings. The number of nitrogens with one attached hydrogen (secondary N) is 1. The van der Waals surface area contributed by atoms with Crippen LogP contribution in [-0.4, -0.2) is 28.0 Å². The van der Waals surface area contributed by atoms with Crippen molar-refractivity contribution in [3.63, 3.8) is 0 Å². The molecule has 5 heteroatoms. The Morgan fingerprint density at radius 3 is 2.94 bits per heavy atom. The first-order valence-electron chi connectivity index (χ1n) is 6.65. The molecule has 0 radical (unpaired) electrons. The lowest BCUT2D eigenvalue weighted by Crippen LogP contribution is -2.16. The molecule has 100 valence electrons. The smallest absolute Gasteiger partial charge is 0.134 e. The predicted molar refractivity (Wildman–Crippen MR) is 79.1 cm³/mol. The first kappa shape index (κ1) is 13.5. The van der Waals surface area contributed by atoms with Crippen LogP contribution in [0.4, 0.5) is 11.6 Å². The molecule has 1 aromatic rings. The maximum atomic E-state index is 5.94. The second-order valence-corrected chi connectivity index (χ2v) is 6.01. The van der Waals surface area contributed by atoms with E-state index in [0.717, 1.165) is 42.5 Å². The molecule has 0 bridgehead atoms. The van der Waals surface area contributed by atoms with Crippen molar-refractivity contribution in [3.8, 4) is 0 Å². The Morgan fingerprint density at radius 2 is 2.28 bits per heavy atom. The molecule has 1 aromatic heterocycles. The van der Waals surface area contributed by atoms with E-state index in [1.807, 2.05) is 18.7 Å². The summed E-state index contributed by atoms with van der Waals surface area (Å²) < 4.78 is 0. The van der Waals surface area contributed by atoms with E-state index in [1.165, 1.54) is 17.9 Å². The molecule has 1 fully saturated rings. The highest BCUT2D eigenvalue weighted by atomic mass is 32.2. The zero-order valence-electron chi connectivity index (χ0n) is 11.2. The van der Waals surface area contributed by atoms with Crippen LogP contribution >= 0.6 is 11.8 Å². The van der Waals surface area contributed by atoms with Crippen molar-refractivity contribution in [1.82, 2.24) is 9.97 Å². The van der Waals surface area contributed by atoms with E-state index in [1.54, 1.807) is 0 Å². The molecule has 0 aromatic carbocycles. The van der Waals surface area contributed by atoms with Crippen molar-refractivity contribution >= 4 is 23.4 Å². The summed E-state index contributed by atoms with van der Waals surface area (Å²) >= 11 is 2.04. The average molecular weight is 266 g/mol. The summed E-state index contributed by atoms with van der Waals surface area (Å²) in [6.07, 6.45) is 3.23. The first-order valence-corrected chi connectivity index (χ1v) is 7.80. The number of nitrogens with zero attached hydrogens (tertiary/aromatic N) is 2. The largest absolute Gasteiger partial charge is 0.383 e. The Kier molecular flexibility index (Phi) is 4.69. The van der Waals surface area contributed by atoms with E-state index in [9.17, 15) is 0 Å². The van der Waals surface area contributed by atoms with Gasteiger partial charge in [-0.3, -0.25) is 0 Å². The Morgan fingerprint density at radius 1 is 1.44 bits per heavy atom. The minimum Gasteiger partial charge on any atom is -0.383 e. The number of hydrogen-bond acceptors (Lipinski definition) is 5. The number of aryl methyl sites for hydroxylation is 1. The standard InChI is InChI=1S/C13H22N4S/c1-3-4-11-16-12(14)9(2)13(17-11)15-7-10-5-6-18-8-10/h10H,3-8H2,1-2H3,(H3,14,15,16,17). The molecule has 2 rings (SSSR count). The van der Waals surface area contributed by atoms with Gasteiger partial charge in [-0.25, -0.2) is 9.97 Å². The van der Waals surface area contributed by atoms with Gasteiger partial charge in [0.1, 0.15) is 17.5 Å². The van der Waals surface area contributed by atoms with Crippen molar-refractivity contribution in [2.24, 2.45) is 5.92 Å². The highest BCUT2D eigenvalue weighted by Gasteiger charge is 2.16. The highest BCUT2D eigenvalue weighted by Crippen LogP contribution is 2.24. The van der Waals surface area contributed by atoms with Crippen molar-refractivity contribution in [2.75, 3.05) is 29.1 Å². The van der Waals surface area contributed by atoms with Crippen molar-refractivity contribution < 1.29 is 0 Å². The van der Waals surface area contributed by atoms with Crippen LogP contribution in [0.15, 0.2) is 0 Å². The number of nitrogen functional groups attached to an aromatic ring is 1. The van der Waals surface area contributed by atoms with Gasteiger partial charge in [0.25, 0.3) is 0 Å². The molecule has 18 heavy (non-hydrogen) atoms. The molecular formula is C13H22N4S. The van der Waals surface area contributed by atoms with Gasteiger partial charge < -0.3 is 11.1 Å². The first-order chi connectivity index (χ1) is 8.70. The Bertz CT molecular complexity index is 402. The van der Waals surface area contributed by atoms with Crippen LogP contribution in [0, 0.1) is 12.8 Å². The number of hydrogen-bond donors (Lipinski definition) is 2. The molecular weight excluding hydrogens is 244 g/mol. The number of anilines is 2. The Balaban J connectivity index is 2.05. The zero-order chi connectivity index (χ0) is 13.0. The van der Waals surface area contributed by atoms with Gasteiger partial charge in [-0.15, -0.1) is 0 Å². The lowest BCUT2D eigenvalue weighted by molar-refractivity contribution is 0.629. The summed E-state index contributed by atoms with van der Waals surface area (Å²) in [5, 5.41) is 3.45. The van der Waals surface area contributed by atoms with Crippen molar-refractivity contribution in [2.45, 2.75) is 33.1 Å². The maximum absolute atomic E-state index is 5.94. The van der Waals surface area contributed by atoms with Gasteiger partial charge in [-0.05, 0) is 37.2 Å². The van der Waals surface area contributed by atoms with Gasteiger partial charge >= 0.3 is 0 Å². The van der Waals surface area contributed by atoms with E-state index in [0.29, 0.717) is 5.82 Å². The van der Waals surface area contributed by atoms with Crippen molar-refractivity contribution in [3.05, 3.63) is 11.4 Å². The Hall–Kier alpha value is -0.970. The third-order valence-corrected chi connectivity index (χ3v) is 4.52. The zero-order valence-corrected chi connectivity index (χ0v) is 12.0. The van der Waals surface area contributed by atoms with E-state index >= 15 is 0 Å². The van der Waals surface area contributed by atoms with Crippen molar-refractivity contribution in [1.29, 1.82) is 0 Å². The third kappa shape index (κ3) is 3.28. The summed E-state index contributed by atoms with van der Waals surface area (Å²) in [5.74, 6) is 5.69. The molecule has 0 saturated carbocycles. The summed E-state index contributed by atoms with van der Waals surface area (Å²) in [6, 6.07) is 0. The van der Waals surface area contributed by atoms with Crippen LogP contribution in [0.1, 0.15) is 31.2 Å². The summed E-state index contributed by atoms with van der Waals surface area (Å²) in [5.41, 5.74) is 6.91. The number of aromatic nitrogens is 2. The monoisotopic (exact) mass is 266 g/mol. The SMILES string of the molecule is CCCc1nc(N)c(C)c(NCC2CCSC2)n1. The van der Waals surface area contributed by atoms with Gasteiger partial charge in [0.05, 0.1) is 0 Å². The van der Waals surface area contributed by atoms with Gasteiger partial charge in [0.2, 0.25) is 0 Å². The summed E-state index contributed by atoms with van der Waals surface area (Å²) in [7, 11) is 0. The molecule has 3 N–H and O–H groups in total. The van der Waals surface area contributed by atoms with E-state index in [2.05, 4.69) is 22.2 Å². The maximum Gasteiger partial charge on any atom is 0.134 e. The van der Waals surface area contributed by atoms with E-state index < -0.39 is 0 Å². The fourth-order valence-electron chi connectivity index (χ4n) is 2.07. The average Bonchev–Trinajstić information content (AvgIpc) is 2.85. The summed E-state index contributed by atoms with van der Waals surface area (Å²) in [6.45, 7) is 5.11. The number of nitrogens with two attached hydrogens (primary N) is 1. The van der Waals surface area contributed by atoms with Gasteiger partial charge in [0.15, 0.2) is 0 Å². The van der Waals surface area contributed by atoms with E-state index in [4.69, 9.17) is 5.73 Å². The van der Waals surface area contributed by atoms with Gasteiger partial charge in [-0.2, -0.15) is 11.8 Å². The van der Waals surface area contributed by atoms with Gasteiger partial charge in [0, 0.05) is 18.5 Å². The lowest BCUT2D eigenvalue weighted by Gasteiger charge is -2.14.